The van der Waals surface area contributed by atoms with Crippen molar-refractivity contribution < 1.29 is 0 Å². The maximum atomic E-state index is 3.66. The van der Waals surface area contributed by atoms with Gasteiger partial charge in [0.05, 0.1) is 0 Å². The summed E-state index contributed by atoms with van der Waals surface area (Å²) >= 11 is 0. The highest BCUT2D eigenvalue weighted by atomic mass is 15.0. The van der Waals surface area contributed by atoms with Gasteiger partial charge in [-0.25, -0.2) is 0 Å². The molecule has 1 atom stereocenters. The molecular weight excluding hydrogens is 194 g/mol. The number of rotatable bonds is 4. The van der Waals surface area contributed by atoms with Gasteiger partial charge in [-0.05, 0) is 44.2 Å². The van der Waals surface area contributed by atoms with Crippen molar-refractivity contribution in [2.24, 2.45) is 5.92 Å². The topological polar surface area (TPSA) is 12.0 Å². The van der Waals surface area contributed by atoms with Crippen molar-refractivity contribution in [3.8, 4) is 0 Å². The van der Waals surface area contributed by atoms with Crippen molar-refractivity contribution in [3.05, 3.63) is 35.4 Å². The summed E-state index contributed by atoms with van der Waals surface area (Å²) in [7, 11) is 0. The van der Waals surface area contributed by atoms with Gasteiger partial charge in [-0.1, -0.05) is 43.7 Å². The highest BCUT2D eigenvalue weighted by Crippen LogP contribution is 2.30. The molecule has 0 radical (unpaired) electrons. The predicted octanol–water partition coefficient (Wildman–Crippen LogP) is 3.32. The number of nitrogens with one attached hydrogen (secondary N) is 1. The Kier molecular flexibility index (Phi) is 3.34. The molecule has 16 heavy (non-hydrogen) atoms. The molecule has 0 spiro atoms. The third kappa shape index (κ3) is 2.65. The summed E-state index contributed by atoms with van der Waals surface area (Å²) in [4.78, 5) is 0. The minimum absolute atomic E-state index is 0.391. The molecule has 1 fully saturated rings. The highest BCUT2D eigenvalue weighted by molar-refractivity contribution is 5.25. The summed E-state index contributed by atoms with van der Waals surface area (Å²) in [6, 6.07) is 8.93. The number of hydrogen-bond donors (Lipinski definition) is 1. The molecule has 1 N–H and O–H groups in total. The molecule has 0 bridgehead atoms. The lowest BCUT2D eigenvalue weighted by atomic mass is 9.76. The average molecular weight is 217 g/mol. The lowest BCUT2D eigenvalue weighted by Crippen LogP contribution is -2.59. The van der Waals surface area contributed by atoms with Crippen LogP contribution in [0.15, 0.2) is 24.3 Å². The largest absolute Gasteiger partial charge is 0.311 e. The van der Waals surface area contributed by atoms with Crippen LogP contribution in [0.5, 0.6) is 0 Å². The second-order valence-electron chi connectivity index (χ2n) is 5.72. The molecule has 1 aromatic rings. The van der Waals surface area contributed by atoms with E-state index in [4.69, 9.17) is 0 Å². The van der Waals surface area contributed by atoms with Gasteiger partial charge in [0.2, 0.25) is 0 Å². The molecule has 1 aliphatic heterocycles. The van der Waals surface area contributed by atoms with Crippen molar-refractivity contribution in [2.75, 3.05) is 6.54 Å². The van der Waals surface area contributed by atoms with Gasteiger partial charge in [-0.3, -0.25) is 0 Å². The first-order chi connectivity index (χ1) is 7.60. The van der Waals surface area contributed by atoms with Crippen LogP contribution >= 0.6 is 0 Å². The molecule has 1 aromatic carbocycles. The van der Waals surface area contributed by atoms with Gasteiger partial charge in [0.15, 0.2) is 0 Å². The van der Waals surface area contributed by atoms with Gasteiger partial charge in [-0.15, -0.1) is 0 Å². The summed E-state index contributed by atoms with van der Waals surface area (Å²) in [6.07, 6.45) is 3.81. The van der Waals surface area contributed by atoms with Gasteiger partial charge < -0.3 is 5.32 Å². The van der Waals surface area contributed by atoms with Crippen LogP contribution in [0.4, 0.5) is 0 Å². The first kappa shape index (κ1) is 11.7. The molecule has 0 saturated carbocycles. The van der Waals surface area contributed by atoms with Crippen molar-refractivity contribution in [1.29, 1.82) is 0 Å². The Hall–Kier alpha value is -0.820. The van der Waals surface area contributed by atoms with Crippen molar-refractivity contribution in [2.45, 2.75) is 45.6 Å². The van der Waals surface area contributed by atoms with E-state index in [0.29, 0.717) is 5.54 Å². The second kappa shape index (κ2) is 4.58. The Morgan fingerprint density at radius 1 is 1.38 bits per heavy atom. The van der Waals surface area contributed by atoms with Gasteiger partial charge in [0.25, 0.3) is 0 Å². The van der Waals surface area contributed by atoms with E-state index < -0.39 is 0 Å². The van der Waals surface area contributed by atoms with Crippen molar-refractivity contribution in [3.63, 3.8) is 0 Å². The second-order valence-corrected chi connectivity index (χ2v) is 5.72. The van der Waals surface area contributed by atoms with E-state index in [-0.39, 0.29) is 0 Å². The van der Waals surface area contributed by atoms with Crippen LogP contribution in [-0.2, 0) is 6.42 Å². The first-order valence-corrected chi connectivity index (χ1v) is 6.40. The first-order valence-electron chi connectivity index (χ1n) is 6.40. The summed E-state index contributed by atoms with van der Waals surface area (Å²) in [6.45, 7) is 8.00. The summed E-state index contributed by atoms with van der Waals surface area (Å²) in [5.74, 6) is 0.776. The Morgan fingerprint density at radius 2 is 2.12 bits per heavy atom. The number of hydrogen-bond acceptors (Lipinski definition) is 1. The zero-order valence-corrected chi connectivity index (χ0v) is 10.7. The minimum Gasteiger partial charge on any atom is -0.311 e. The van der Waals surface area contributed by atoms with Crippen LogP contribution < -0.4 is 5.32 Å². The number of aryl methyl sites for hydroxylation is 1. The maximum Gasteiger partial charge on any atom is 0.0236 e. The van der Waals surface area contributed by atoms with Crippen LogP contribution in [-0.4, -0.2) is 12.1 Å². The van der Waals surface area contributed by atoms with Crippen LogP contribution in [0.2, 0.25) is 0 Å². The van der Waals surface area contributed by atoms with E-state index in [1.54, 1.807) is 0 Å². The Bertz CT molecular complexity index is 350. The standard InChI is InChI=1S/C15H23N/c1-12(2)10-15(7-8-16-15)11-14-6-4-5-13(3)9-14/h4-6,9,12,16H,7-8,10-11H2,1-3H3. The Morgan fingerprint density at radius 3 is 2.62 bits per heavy atom. The monoisotopic (exact) mass is 217 g/mol. The molecule has 0 aromatic heterocycles. The molecule has 1 nitrogen and oxygen atoms in total. The SMILES string of the molecule is Cc1cccc(CC2(CC(C)C)CCN2)c1. The quantitative estimate of drug-likeness (QED) is 0.816. The normalized spacial score (nSPS) is 24.5. The molecule has 88 valence electrons. The number of benzene rings is 1. The van der Waals surface area contributed by atoms with Crippen LogP contribution in [0.3, 0.4) is 0 Å². The molecule has 0 amide bonds. The van der Waals surface area contributed by atoms with Crippen molar-refractivity contribution in [1.82, 2.24) is 5.32 Å². The third-order valence-corrected chi connectivity index (χ3v) is 3.53. The minimum atomic E-state index is 0.391. The fourth-order valence-electron chi connectivity index (χ4n) is 2.87. The third-order valence-electron chi connectivity index (χ3n) is 3.53. The molecular formula is C15H23N. The van der Waals surface area contributed by atoms with Gasteiger partial charge in [0.1, 0.15) is 0 Å². The van der Waals surface area contributed by atoms with E-state index in [0.717, 1.165) is 5.92 Å². The maximum absolute atomic E-state index is 3.66. The molecule has 1 aliphatic rings. The Balaban J connectivity index is 2.06. The van der Waals surface area contributed by atoms with Crippen LogP contribution in [0.1, 0.15) is 37.8 Å². The lowest BCUT2D eigenvalue weighted by molar-refractivity contribution is 0.168. The summed E-state index contributed by atoms with van der Waals surface area (Å²) < 4.78 is 0. The average Bonchev–Trinajstić information content (AvgIpc) is 2.13. The smallest absolute Gasteiger partial charge is 0.0236 e. The van der Waals surface area contributed by atoms with Crippen molar-refractivity contribution >= 4 is 0 Å². The van der Waals surface area contributed by atoms with Crippen LogP contribution in [0.25, 0.3) is 0 Å². The Labute approximate surface area is 99.3 Å². The zero-order valence-electron chi connectivity index (χ0n) is 10.7. The van der Waals surface area contributed by atoms with E-state index in [1.165, 1.54) is 36.9 Å². The molecule has 2 rings (SSSR count). The van der Waals surface area contributed by atoms with E-state index in [2.05, 4.69) is 50.4 Å². The van der Waals surface area contributed by atoms with Gasteiger partial charge in [-0.2, -0.15) is 0 Å². The fourth-order valence-corrected chi connectivity index (χ4v) is 2.87. The zero-order chi connectivity index (χ0) is 11.6. The highest BCUT2D eigenvalue weighted by Gasteiger charge is 2.36. The van der Waals surface area contributed by atoms with Gasteiger partial charge in [0, 0.05) is 5.54 Å². The molecule has 1 unspecified atom stereocenters. The lowest BCUT2D eigenvalue weighted by Gasteiger charge is -2.45. The summed E-state index contributed by atoms with van der Waals surface area (Å²) in [5.41, 5.74) is 3.24. The van der Waals surface area contributed by atoms with Gasteiger partial charge >= 0.3 is 0 Å². The predicted molar refractivity (Wildman–Crippen MR) is 69.7 cm³/mol. The summed E-state index contributed by atoms with van der Waals surface area (Å²) in [5, 5.41) is 3.66. The van der Waals surface area contributed by atoms with E-state index in [9.17, 15) is 0 Å². The van der Waals surface area contributed by atoms with E-state index >= 15 is 0 Å². The molecule has 1 heteroatoms. The molecule has 1 heterocycles. The van der Waals surface area contributed by atoms with E-state index in [1.807, 2.05) is 0 Å². The molecule has 0 aliphatic carbocycles. The van der Waals surface area contributed by atoms with Crippen LogP contribution in [0, 0.1) is 12.8 Å². The molecule has 1 saturated heterocycles. The fraction of sp³-hybridized carbons (Fsp3) is 0.600.